The first kappa shape index (κ1) is 12.6. The fourth-order valence-corrected chi connectivity index (χ4v) is 2.09. The minimum Gasteiger partial charge on any atom is -0.457 e. The SMILES string of the molecule is ClCc1ccc(Oc2cccc(Cl)c2)cc1Cl. The van der Waals surface area contributed by atoms with Crippen molar-refractivity contribution in [3.05, 3.63) is 58.1 Å². The van der Waals surface area contributed by atoms with Crippen LogP contribution in [-0.2, 0) is 5.88 Å². The van der Waals surface area contributed by atoms with Crippen LogP contribution in [0.5, 0.6) is 11.5 Å². The monoisotopic (exact) mass is 286 g/mol. The summed E-state index contributed by atoms with van der Waals surface area (Å²) in [5.74, 6) is 1.72. The molecule has 88 valence electrons. The van der Waals surface area contributed by atoms with E-state index in [1.807, 2.05) is 24.3 Å². The van der Waals surface area contributed by atoms with Gasteiger partial charge in [0.05, 0.1) is 0 Å². The molecule has 0 bridgehead atoms. The van der Waals surface area contributed by atoms with Gasteiger partial charge in [0.15, 0.2) is 0 Å². The molecule has 0 aromatic heterocycles. The van der Waals surface area contributed by atoms with E-state index in [0.29, 0.717) is 27.4 Å². The molecule has 0 amide bonds. The largest absolute Gasteiger partial charge is 0.457 e. The smallest absolute Gasteiger partial charge is 0.128 e. The van der Waals surface area contributed by atoms with E-state index in [1.54, 1.807) is 18.2 Å². The summed E-state index contributed by atoms with van der Waals surface area (Å²) in [5.41, 5.74) is 0.881. The number of hydrogen-bond donors (Lipinski definition) is 0. The summed E-state index contributed by atoms with van der Waals surface area (Å²) in [6.07, 6.45) is 0. The fourth-order valence-electron chi connectivity index (χ4n) is 1.37. The van der Waals surface area contributed by atoms with Crippen LogP contribution >= 0.6 is 34.8 Å². The molecule has 17 heavy (non-hydrogen) atoms. The molecule has 0 atom stereocenters. The fraction of sp³-hybridized carbons (Fsp3) is 0.0769. The first-order chi connectivity index (χ1) is 8.19. The predicted molar refractivity (Wildman–Crippen MR) is 72.5 cm³/mol. The van der Waals surface area contributed by atoms with Gasteiger partial charge < -0.3 is 4.74 Å². The molecule has 2 rings (SSSR count). The van der Waals surface area contributed by atoms with E-state index in [4.69, 9.17) is 39.5 Å². The molecule has 0 N–H and O–H groups in total. The molecule has 0 aliphatic rings. The third-order valence-corrected chi connectivity index (χ3v) is 3.08. The van der Waals surface area contributed by atoms with Crippen LogP contribution in [0, 0.1) is 0 Å². The van der Waals surface area contributed by atoms with Gasteiger partial charge in [-0.25, -0.2) is 0 Å². The summed E-state index contributed by atoms with van der Waals surface area (Å²) >= 11 is 17.6. The number of hydrogen-bond acceptors (Lipinski definition) is 1. The first-order valence-electron chi connectivity index (χ1n) is 4.97. The van der Waals surface area contributed by atoms with Gasteiger partial charge in [-0.3, -0.25) is 0 Å². The average molecular weight is 288 g/mol. The van der Waals surface area contributed by atoms with Crippen LogP contribution in [0.15, 0.2) is 42.5 Å². The maximum Gasteiger partial charge on any atom is 0.128 e. The van der Waals surface area contributed by atoms with E-state index in [1.165, 1.54) is 0 Å². The zero-order chi connectivity index (χ0) is 12.3. The quantitative estimate of drug-likeness (QED) is 0.675. The summed E-state index contributed by atoms with van der Waals surface area (Å²) in [5, 5.41) is 1.23. The van der Waals surface area contributed by atoms with Crippen LogP contribution in [0.3, 0.4) is 0 Å². The number of rotatable bonds is 3. The van der Waals surface area contributed by atoms with Gasteiger partial charge in [-0.2, -0.15) is 0 Å². The normalized spacial score (nSPS) is 10.3. The molecule has 0 unspecified atom stereocenters. The molecule has 0 radical (unpaired) electrons. The molecule has 0 saturated carbocycles. The van der Waals surface area contributed by atoms with Crippen molar-refractivity contribution in [3.63, 3.8) is 0 Å². The summed E-state index contributed by atoms with van der Waals surface area (Å²) in [7, 11) is 0. The van der Waals surface area contributed by atoms with Crippen molar-refractivity contribution in [3.8, 4) is 11.5 Å². The Morgan fingerprint density at radius 3 is 2.35 bits per heavy atom. The zero-order valence-electron chi connectivity index (χ0n) is 8.79. The zero-order valence-corrected chi connectivity index (χ0v) is 11.1. The van der Waals surface area contributed by atoms with Crippen molar-refractivity contribution in [2.75, 3.05) is 0 Å². The second-order valence-electron chi connectivity index (χ2n) is 3.45. The maximum absolute atomic E-state index is 6.04. The van der Waals surface area contributed by atoms with Gasteiger partial charge >= 0.3 is 0 Å². The molecule has 0 aliphatic heterocycles. The van der Waals surface area contributed by atoms with Crippen molar-refractivity contribution in [2.24, 2.45) is 0 Å². The highest BCUT2D eigenvalue weighted by Gasteiger charge is 2.03. The van der Waals surface area contributed by atoms with Crippen LogP contribution < -0.4 is 4.74 Å². The topological polar surface area (TPSA) is 9.23 Å². The Bertz CT molecular complexity index is 526. The van der Waals surface area contributed by atoms with E-state index in [2.05, 4.69) is 0 Å². The van der Waals surface area contributed by atoms with Crippen molar-refractivity contribution >= 4 is 34.8 Å². The van der Waals surface area contributed by atoms with E-state index in [9.17, 15) is 0 Å². The van der Waals surface area contributed by atoms with Crippen LogP contribution in [0.4, 0.5) is 0 Å². The lowest BCUT2D eigenvalue weighted by molar-refractivity contribution is 0.482. The Kier molecular flexibility index (Phi) is 4.16. The number of alkyl halides is 1. The Morgan fingerprint density at radius 1 is 0.941 bits per heavy atom. The summed E-state index contributed by atoms with van der Waals surface area (Å²) < 4.78 is 5.63. The van der Waals surface area contributed by atoms with Crippen LogP contribution in [0.1, 0.15) is 5.56 Å². The van der Waals surface area contributed by atoms with Crippen molar-refractivity contribution in [2.45, 2.75) is 5.88 Å². The van der Waals surface area contributed by atoms with Gasteiger partial charge in [-0.05, 0) is 35.9 Å². The third-order valence-electron chi connectivity index (χ3n) is 2.20. The Hall–Kier alpha value is -0.890. The van der Waals surface area contributed by atoms with Crippen molar-refractivity contribution in [1.29, 1.82) is 0 Å². The molecular formula is C13H9Cl3O. The van der Waals surface area contributed by atoms with E-state index in [0.717, 1.165) is 5.56 Å². The lowest BCUT2D eigenvalue weighted by Gasteiger charge is -2.07. The molecule has 1 nitrogen and oxygen atoms in total. The Labute approximate surface area is 115 Å². The van der Waals surface area contributed by atoms with Gasteiger partial charge in [-0.15, -0.1) is 11.6 Å². The summed E-state index contributed by atoms with van der Waals surface area (Å²) in [6, 6.07) is 12.6. The van der Waals surface area contributed by atoms with E-state index in [-0.39, 0.29) is 0 Å². The van der Waals surface area contributed by atoms with E-state index >= 15 is 0 Å². The summed E-state index contributed by atoms with van der Waals surface area (Å²) in [4.78, 5) is 0. The molecule has 2 aromatic rings. The summed E-state index contributed by atoms with van der Waals surface area (Å²) in [6.45, 7) is 0. The Balaban J connectivity index is 2.22. The molecular weight excluding hydrogens is 279 g/mol. The van der Waals surface area contributed by atoms with Crippen LogP contribution in [-0.4, -0.2) is 0 Å². The van der Waals surface area contributed by atoms with Crippen LogP contribution in [0.2, 0.25) is 10.0 Å². The van der Waals surface area contributed by atoms with Gasteiger partial charge in [-0.1, -0.05) is 35.3 Å². The van der Waals surface area contributed by atoms with Gasteiger partial charge in [0.25, 0.3) is 0 Å². The predicted octanol–water partition coefficient (Wildman–Crippen LogP) is 5.52. The van der Waals surface area contributed by atoms with Crippen molar-refractivity contribution in [1.82, 2.24) is 0 Å². The first-order valence-corrected chi connectivity index (χ1v) is 6.26. The standard InChI is InChI=1S/C13H9Cl3O/c14-8-9-4-5-12(7-13(9)16)17-11-3-1-2-10(15)6-11/h1-7H,8H2. The molecule has 4 heteroatoms. The molecule has 0 heterocycles. The molecule has 0 fully saturated rings. The Morgan fingerprint density at radius 2 is 1.71 bits per heavy atom. The second kappa shape index (κ2) is 5.63. The van der Waals surface area contributed by atoms with Gasteiger partial charge in [0, 0.05) is 15.9 Å². The lowest BCUT2D eigenvalue weighted by Crippen LogP contribution is -1.86. The average Bonchev–Trinajstić information content (AvgIpc) is 2.29. The minimum absolute atomic E-state index is 0.385. The second-order valence-corrected chi connectivity index (χ2v) is 4.56. The molecule has 0 spiro atoms. The van der Waals surface area contributed by atoms with Crippen molar-refractivity contribution < 1.29 is 4.74 Å². The molecule has 0 aliphatic carbocycles. The highest BCUT2D eigenvalue weighted by molar-refractivity contribution is 6.32. The third kappa shape index (κ3) is 3.29. The highest BCUT2D eigenvalue weighted by Crippen LogP contribution is 2.28. The minimum atomic E-state index is 0.385. The van der Waals surface area contributed by atoms with Gasteiger partial charge in [0.2, 0.25) is 0 Å². The number of halogens is 3. The van der Waals surface area contributed by atoms with Gasteiger partial charge in [0.1, 0.15) is 11.5 Å². The highest BCUT2D eigenvalue weighted by atomic mass is 35.5. The molecule has 0 saturated heterocycles. The maximum atomic E-state index is 6.04. The molecule has 2 aromatic carbocycles. The number of benzene rings is 2. The number of ether oxygens (including phenoxy) is 1. The lowest BCUT2D eigenvalue weighted by atomic mass is 10.2. The van der Waals surface area contributed by atoms with Crippen LogP contribution in [0.25, 0.3) is 0 Å². The van der Waals surface area contributed by atoms with E-state index < -0.39 is 0 Å².